The van der Waals surface area contributed by atoms with Gasteiger partial charge in [-0.15, -0.1) is 0 Å². The van der Waals surface area contributed by atoms with Crippen LogP contribution in [-0.2, 0) is 0 Å². The molecule has 1 heterocycles. The van der Waals surface area contributed by atoms with Gasteiger partial charge in [0.05, 0.1) is 10.8 Å². The van der Waals surface area contributed by atoms with Gasteiger partial charge in [-0.1, -0.05) is 6.42 Å². The van der Waals surface area contributed by atoms with Crippen molar-refractivity contribution >= 4 is 16.5 Å². The summed E-state index contributed by atoms with van der Waals surface area (Å²) in [5, 5.41) is 8.77. The summed E-state index contributed by atoms with van der Waals surface area (Å²) in [6.07, 6.45) is 3.10. The number of nitrogens with two attached hydrogens (primary N) is 1. The van der Waals surface area contributed by atoms with E-state index in [1.165, 1.54) is 0 Å². The molecule has 108 valence electrons. The van der Waals surface area contributed by atoms with Crippen LogP contribution in [0.15, 0.2) is 27.8 Å². The molecule has 0 spiro atoms. The highest BCUT2D eigenvalue weighted by Crippen LogP contribution is 2.15. The van der Waals surface area contributed by atoms with Crippen molar-refractivity contribution in [1.29, 1.82) is 0 Å². The zero-order chi connectivity index (χ0) is 14.5. The van der Waals surface area contributed by atoms with Crippen molar-refractivity contribution in [3.8, 4) is 0 Å². The molecule has 1 unspecified atom stereocenters. The van der Waals surface area contributed by atoms with Crippen LogP contribution in [0.4, 0.5) is 5.69 Å². The Labute approximate surface area is 116 Å². The summed E-state index contributed by atoms with van der Waals surface area (Å²) in [5.74, 6) is 0. The van der Waals surface area contributed by atoms with Gasteiger partial charge < -0.3 is 11.1 Å². The Morgan fingerprint density at radius 2 is 1.85 bits per heavy atom. The molecule has 0 radical (unpaired) electrons. The first-order valence-corrected chi connectivity index (χ1v) is 6.83. The number of anilines is 1. The van der Waals surface area contributed by atoms with E-state index in [1.807, 2.05) is 6.07 Å². The molecule has 0 saturated carbocycles. The monoisotopic (exact) mass is 276 g/mol. The molecule has 6 nitrogen and oxygen atoms in total. The molecule has 2 rings (SSSR count). The summed E-state index contributed by atoms with van der Waals surface area (Å²) in [7, 11) is 0. The number of hydrogen-bond acceptors (Lipinski definition) is 4. The Morgan fingerprint density at radius 3 is 2.55 bits per heavy atom. The summed E-state index contributed by atoms with van der Waals surface area (Å²) in [6, 6.07) is 5.48. The fraction of sp³-hybridized carbons (Fsp3) is 0.429. The Hall–Kier alpha value is -2.08. The quantitative estimate of drug-likeness (QED) is 0.594. The van der Waals surface area contributed by atoms with Crippen LogP contribution < -0.4 is 22.2 Å². The summed E-state index contributed by atoms with van der Waals surface area (Å²) in [4.78, 5) is 23.3. The van der Waals surface area contributed by atoms with Gasteiger partial charge in [-0.2, -0.15) is 0 Å². The third kappa shape index (κ3) is 3.27. The lowest BCUT2D eigenvalue weighted by atomic mass is 10.1. The van der Waals surface area contributed by atoms with Gasteiger partial charge in [-0.25, -0.2) is 0 Å². The molecule has 1 aromatic carbocycles. The first-order chi connectivity index (χ1) is 9.61. The minimum atomic E-state index is -0.293. The van der Waals surface area contributed by atoms with Gasteiger partial charge >= 0.3 is 0 Å². The molecule has 0 aliphatic carbocycles. The van der Waals surface area contributed by atoms with Gasteiger partial charge in [-0.05, 0) is 44.5 Å². The molecule has 0 aliphatic rings. The van der Waals surface area contributed by atoms with Crippen molar-refractivity contribution in [2.24, 2.45) is 5.73 Å². The summed E-state index contributed by atoms with van der Waals surface area (Å²) in [5.41, 5.74) is 5.73. The first kappa shape index (κ1) is 14.3. The molecule has 0 amide bonds. The molecule has 0 aliphatic heterocycles. The lowest BCUT2D eigenvalue weighted by Crippen LogP contribution is -2.20. The van der Waals surface area contributed by atoms with Gasteiger partial charge in [0.1, 0.15) is 0 Å². The van der Waals surface area contributed by atoms with E-state index in [-0.39, 0.29) is 11.1 Å². The average Bonchev–Trinajstić information content (AvgIpc) is 2.43. The zero-order valence-electron chi connectivity index (χ0n) is 11.5. The molecule has 2 aromatic rings. The molecule has 6 heteroatoms. The molecule has 0 saturated heterocycles. The Balaban J connectivity index is 2.18. The van der Waals surface area contributed by atoms with Crippen molar-refractivity contribution in [3.05, 3.63) is 38.9 Å². The lowest BCUT2D eigenvalue weighted by Gasteiger charge is -2.15. The summed E-state index contributed by atoms with van der Waals surface area (Å²) >= 11 is 0. The van der Waals surface area contributed by atoms with Crippen LogP contribution in [0.25, 0.3) is 10.8 Å². The Bertz CT molecular complexity index is 689. The SMILES string of the molecule is CC(CCCCN)Nc1ccc2c(=O)[nH][nH]c(=O)c2c1. The second kappa shape index (κ2) is 6.38. The summed E-state index contributed by atoms with van der Waals surface area (Å²) < 4.78 is 0. The predicted molar refractivity (Wildman–Crippen MR) is 81.2 cm³/mol. The molecule has 5 N–H and O–H groups in total. The van der Waals surface area contributed by atoms with Crippen LogP contribution >= 0.6 is 0 Å². The third-order valence-corrected chi connectivity index (χ3v) is 3.30. The van der Waals surface area contributed by atoms with Gasteiger partial charge in [0.25, 0.3) is 11.1 Å². The van der Waals surface area contributed by atoms with Gasteiger partial charge in [-0.3, -0.25) is 19.8 Å². The number of H-pyrrole nitrogens is 2. The lowest BCUT2D eigenvalue weighted by molar-refractivity contribution is 0.628. The maximum atomic E-state index is 11.7. The van der Waals surface area contributed by atoms with Crippen LogP contribution in [0.1, 0.15) is 26.2 Å². The van der Waals surface area contributed by atoms with E-state index < -0.39 is 0 Å². The first-order valence-electron chi connectivity index (χ1n) is 6.83. The minimum absolute atomic E-state index is 0.290. The maximum Gasteiger partial charge on any atom is 0.270 e. The predicted octanol–water partition coefficient (Wildman–Crippen LogP) is 1.15. The van der Waals surface area contributed by atoms with Crippen LogP contribution in [0.2, 0.25) is 0 Å². The molecule has 0 fully saturated rings. The highest BCUT2D eigenvalue weighted by atomic mass is 16.1. The number of hydrogen-bond donors (Lipinski definition) is 4. The van der Waals surface area contributed by atoms with E-state index in [0.29, 0.717) is 23.4 Å². The van der Waals surface area contributed by atoms with Crippen LogP contribution in [0, 0.1) is 0 Å². The molecule has 20 heavy (non-hydrogen) atoms. The number of unbranched alkanes of at least 4 members (excludes halogenated alkanes) is 1. The third-order valence-electron chi connectivity index (χ3n) is 3.30. The average molecular weight is 276 g/mol. The number of aromatic nitrogens is 2. The second-order valence-corrected chi connectivity index (χ2v) is 5.00. The number of benzene rings is 1. The van der Waals surface area contributed by atoms with E-state index >= 15 is 0 Å². The number of aromatic amines is 2. The molecular formula is C14H20N4O2. The fourth-order valence-corrected chi connectivity index (χ4v) is 2.22. The van der Waals surface area contributed by atoms with E-state index in [0.717, 1.165) is 24.9 Å². The van der Waals surface area contributed by atoms with Crippen molar-refractivity contribution in [1.82, 2.24) is 10.2 Å². The largest absolute Gasteiger partial charge is 0.383 e. The van der Waals surface area contributed by atoms with Crippen LogP contribution in [0.5, 0.6) is 0 Å². The van der Waals surface area contributed by atoms with E-state index in [9.17, 15) is 9.59 Å². The van der Waals surface area contributed by atoms with E-state index in [4.69, 9.17) is 5.73 Å². The highest BCUT2D eigenvalue weighted by molar-refractivity contribution is 5.83. The summed E-state index contributed by atoms with van der Waals surface area (Å²) in [6.45, 7) is 2.80. The number of rotatable bonds is 6. The Morgan fingerprint density at radius 1 is 1.15 bits per heavy atom. The van der Waals surface area contributed by atoms with Crippen molar-refractivity contribution in [2.45, 2.75) is 32.2 Å². The normalized spacial score (nSPS) is 12.5. The number of fused-ring (bicyclic) bond motifs is 1. The van der Waals surface area contributed by atoms with Crippen molar-refractivity contribution < 1.29 is 0 Å². The van der Waals surface area contributed by atoms with Crippen LogP contribution in [-0.4, -0.2) is 22.8 Å². The fourth-order valence-electron chi connectivity index (χ4n) is 2.22. The van der Waals surface area contributed by atoms with Crippen molar-refractivity contribution in [2.75, 3.05) is 11.9 Å². The van der Waals surface area contributed by atoms with Crippen LogP contribution in [0.3, 0.4) is 0 Å². The maximum absolute atomic E-state index is 11.7. The van der Waals surface area contributed by atoms with Gasteiger partial charge in [0.2, 0.25) is 0 Å². The topological polar surface area (TPSA) is 104 Å². The van der Waals surface area contributed by atoms with Crippen molar-refractivity contribution in [3.63, 3.8) is 0 Å². The smallest absolute Gasteiger partial charge is 0.270 e. The molecular weight excluding hydrogens is 256 g/mol. The molecule has 1 aromatic heterocycles. The van der Waals surface area contributed by atoms with Gasteiger partial charge in [0.15, 0.2) is 0 Å². The van der Waals surface area contributed by atoms with Gasteiger partial charge in [0, 0.05) is 11.7 Å². The molecule has 1 atom stereocenters. The Kier molecular flexibility index (Phi) is 4.57. The standard InChI is InChI=1S/C14H20N4O2/c1-9(4-2-3-7-15)16-10-5-6-11-12(8-10)14(20)18-17-13(11)19/h5-6,8-9,16H,2-4,7,15H2,1H3,(H,17,19)(H,18,20). The second-order valence-electron chi connectivity index (χ2n) is 5.00. The van der Waals surface area contributed by atoms with E-state index in [2.05, 4.69) is 22.4 Å². The number of nitrogens with one attached hydrogen (secondary N) is 3. The molecule has 0 bridgehead atoms. The van der Waals surface area contributed by atoms with E-state index in [1.54, 1.807) is 12.1 Å². The zero-order valence-corrected chi connectivity index (χ0v) is 11.5. The highest BCUT2D eigenvalue weighted by Gasteiger charge is 2.06. The minimum Gasteiger partial charge on any atom is -0.383 e.